The number of halogens is 1. The highest BCUT2D eigenvalue weighted by Gasteiger charge is 2.16. The number of nitrogens with one attached hydrogen (secondary N) is 1. The van der Waals surface area contributed by atoms with E-state index < -0.39 is 11.8 Å². The van der Waals surface area contributed by atoms with Crippen LogP contribution < -0.4 is 0 Å². The highest BCUT2D eigenvalue weighted by molar-refractivity contribution is 5.96. The average molecular weight is 220 g/mol. The molecule has 0 aliphatic carbocycles. The van der Waals surface area contributed by atoms with E-state index in [2.05, 4.69) is 14.9 Å². The number of rotatable bonds is 2. The third kappa shape index (κ3) is 1.67. The topological polar surface area (TPSA) is 55.0 Å². The number of nitrogens with zero attached hydrogens (tertiary/aromatic N) is 1. The van der Waals surface area contributed by atoms with E-state index in [4.69, 9.17) is 0 Å². The maximum atomic E-state index is 13.3. The van der Waals surface area contributed by atoms with Gasteiger partial charge in [0.2, 0.25) is 0 Å². The minimum absolute atomic E-state index is 0.181. The van der Waals surface area contributed by atoms with Crippen molar-refractivity contribution in [3.63, 3.8) is 0 Å². The molecule has 0 saturated carbocycles. The Balaban J connectivity index is 2.57. The fourth-order valence-electron chi connectivity index (χ4n) is 1.45. The Bertz CT molecular complexity index is 522. The smallest absolute Gasteiger partial charge is 0.338 e. The van der Waals surface area contributed by atoms with Gasteiger partial charge in [0.1, 0.15) is 5.69 Å². The van der Waals surface area contributed by atoms with Gasteiger partial charge >= 0.3 is 5.97 Å². The van der Waals surface area contributed by atoms with Gasteiger partial charge in [-0.15, -0.1) is 0 Å². The number of carbonyl (C=O) groups excluding carboxylic acids is 1. The normalized spacial score (nSPS) is 10.1. The molecular weight excluding hydrogens is 211 g/mol. The number of aromatic nitrogens is 2. The summed E-state index contributed by atoms with van der Waals surface area (Å²) in [5.74, 6) is -1.01. The molecule has 16 heavy (non-hydrogen) atoms. The van der Waals surface area contributed by atoms with Gasteiger partial charge in [0.05, 0.1) is 18.9 Å². The monoisotopic (exact) mass is 220 g/mol. The summed E-state index contributed by atoms with van der Waals surface area (Å²) >= 11 is 0. The Morgan fingerprint density at radius 1 is 1.44 bits per heavy atom. The minimum atomic E-state index is -0.510. The molecule has 1 heterocycles. The van der Waals surface area contributed by atoms with Crippen LogP contribution in [0, 0.1) is 5.82 Å². The van der Waals surface area contributed by atoms with Crippen LogP contribution in [0.5, 0.6) is 0 Å². The molecule has 0 unspecified atom stereocenters. The van der Waals surface area contributed by atoms with Crippen molar-refractivity contribution in [2.45, 2.75) is 0 Å². The van der Waals surface area contributed by atoms with Crippen molar-refractivity contribution < 1.29 is 13.9 Å². The molecule has 0 aliphatic heterocycles. The van der Waals surface area contributed by atoms with Crippen molar-refractivity contribution in [2.75, 3.05) is 7.11 Å². The van der Waals surface area contributed by atoms with Gasteiger partial charge in [-0.1, -0.05) is 18.2 Å². The molecule has 0 aliphatic rings. The van der Waals surface area contributed by atoms with Crippen LogP contribution >= 0.6 is 0 Å². The highest BCUT2D eigenvalue weighted by Crippen LogP contribution is 2.24. The average Bonchev–Trinajstić information content (AvgIpc) is 2.74. The number of hydrogen-bond acceptors (Lipinski definition) is 3. The molecule has 4 nitrogen and oxygen atoms in total. The van der Waals surface area contributed by atoms with Gasteiger partial charge in [-0.2, -0.15) is 5.10 Å². The number of H-pyrrole nitrogens is 1. The molecule has 0 amide bonds. The maximum absolute atomic E-state index is 13.3. The van der Waals surface area contributed by atoms with Gasteiger partial charge in [0, 0.05) is 5.56 Å². The van der Waals surface area contributed by atoms with E-state index >= 15 is 0 Å². The van der Waals surface area contributed by atoms with Crippen molar-refractivity contribution in [3.05, 3.63) is 41.8 Å². The van der Waals surface area contributed by atoms with Crippen LogP contribution in [-0.2, 0) is 4.74 Å². The van der Waals surface area contributed by atoms with Crippen LogP contribution in [-0.4, -0.2) is 23.3 Å². The summed E-state index contributed by atoms with van der Waals surface area (Å²) in [7, 11) is 1.28. The van der Waals surface area contributed by atoms with E-state index in [1.165, 1.54) is 7.11 Å². The quantitative estimate of drug-likeness (QED) is 0.787. The second-order valence-corrected chi connectivity index (χ2v) is 3.13. The summed E-state index contributed by atoms with van der Waals surface area (Å²) in [5.41, 5.74) is 0.915. The first-order valence-electron chi connectivity index (χ1n) is 4.60. The molecule has 0 saturated heterocycles. The Kier molecular flexibility index (Phi) is 2.68. The van der Waals surface area contributed by atoms with Crippen molar-refractivity contribution in [2.24, 2.45) is 0 Å². The summed E-state index contributed by atoms with van der Waals surface area (Å²) in [6, 6.07) is 6.59. The zero-order valence-corrected chi connectivity index (χ0v) is 8.53. The largest absolute Gasteiger partial charge is 0.465 e. The fourth-order valence-corrected chi connectivity index (χ4v) is 1.45. The second-order valence-electron chi connectivity index (χ2n) is 3.13. The minimum Gasteiger partial charge on any atom is -0.465 e. The lowest BCUT2D eigenvalue weighted by Crippen LogP contribution is -2.03. The number of esters is 1. The van der Waals surface area contributed by atoms with Crippen LogP contribution in [0.25, 0.3) is 11.3 Å². The molecule has 1 aromatic carbocycles. The van der Waals surface area contributed by atoms with Crippen LogP contribution in [0.2, 0.25) is 0 Å². The van der Waals surface area contributed by atoms with Crippen molar-refractivity contribution in [1.82, 2.24) is 10.2 Å². The maximum Gasteiger partial charge on any atom is 0.338 e. The predicted molar refractivity (Wildman–Crippen MR) is 55.3 cm³/mol. The number of hydrogen-bond donors (Lipinski definition) is 1. The summed E-state index contributed by atoms with van der Waals surface area (Å²) in [6.07, 6.45) is 1.06. The molecule has 0 radical (unpaired) electrons. The highest BCUT2D eigenvalue weighted by atomic mass is 19.1. The van der Waals surface area contributed by atoms with Crippen molar-refractivity contribution in [1.29, 1.82) is 0 Å². The lowest BCUT2D eigenvalue weighted by Gasteiger charge is -2.05. The molecular formula is C11H9FN2O2. The predicted octanol–water partition coefficient (Wildman–Crippen LogP) is 2.00. The van der Waals surface area contributed by atoms with E-state index in [9.17, 15) is 9.18 Å². The Hall–Kier alpha value is -2.17. The van der Waals surface area contributed by atoms with Crippen molar-refractivity contribution in [3.8, 4) is 11.3 Å². The van der Waals surface area contributed by atoms with Gasteiger partial charge in [0.25, 0.3) is 0 Å². The summed E-state index contributed by atoms with van der Waals surface area (Å²) in [6.45, 7) is 0. The van der Waals surface area contributed by atoms with Gasteiger partial charge in [-0.25, -0.2) is 9.18 Å². The van der Waals surface area contributed by atoms with Gasteiger partial charge in [-0.05, 0) is 6.07 Å². The summed E-state index contributed by atoms with van der Waals surface area (Å²) in [4.78, 5) is 11.5. The van der Waals surface area contributed by atoms with Crippen LogP contribution in [0.4, 0.5) is 4.39 Å². The van der Waals surface area contributed by atoms with E-state index in [1.54, 1.807) is 24.3 Å². The van der Waals surface area contributed by atoms with Gasteiger partial charge in [0.15, 0.2) is 5.82 Å². The Morgan fingerprint density at radius 2 is 2.19 bits per heavy atom. The molecule has 82 valence electrons. The molecule has 2 rings (SSSR count). The molecule has 0 atom stereocenters. The SMILES string of the molecule is COC(=O)c1ccccc1-c1[nH]ncc1F. The van der Waals surface area contributed by atoms with E-state index in [-0.39, 0.29) is 5.69 Å². The second kappa shape index (κ2) is 4.14. The van der Waals surface area contributed by atoms with Crippen molar-refractivity contribution >= 4 is 5.97 Å². The number of ether oxygens (including phenoxy) is 1. The molecule has 2 aromatic rings. The fraction of sp³-hybridized carbons (Fsp3) is 0.0909. The van der Waals surface area contributed by atoms with Crippen LogP contribution in [0.15, 0.2) is 30.5 Å². The number of carbonyl (C=O) groups is 1. The Labute approximate surface area is 91.1 Å². The first-order chi connectivity index (χ1) is 7.74. The van der Waals surface area contributed by atoms with E-state index in [0.717, 1.165) is 6.20 Å². The lowest BCUT2D eigenvalue weighted by atomic mass is 10.0. The molecule has 0 fully saturated rings. The standard InChI is InChI=1S/C11H9FN2O2/c1-16-11(15)8-5-3-2-4-7(8)10-9(12)6-13-14-10/h2-6H,1H3,(H,13,14). The third-order valence-electron chi connectivity index (χ3n) is 2.19. The summed E-state index contributed by atoms with van der Waals surface area (Å²) in [5, 5.41) is 6.08. The molecule has 5 heteroatoms. The zero-order chi connectivity index (χ0) is 11.5. The molecule has 1 N–H and O–H groups in total. The van der Waals surface area contributed by atoms with Crippen LogP contribution in [0.3, 0.4) is 0 Å². The number of methoxy groups -OCH3 is 1. The number of aromatic amines is 1. The van der Waals surface area contributed by atoms with Crippen LogP contribution in [0.1, 0.15) is 10.4 Å². The zero-order valence-electron chi connectivity index (χ0n) is 8.53. The van der Waals surface area contributed by atoms with Gasteiger partial charge < -0.3 is 4.74 Å². The first kappa shape index (κ1) is 10.4. The van der Waals surface area contributed by atoms with Gasteiger partial charge in [-0.3, -0.25) is 5.10 Å². The molecule has 0 bridgehead atoms. The third-order valence-corrected chi connectivity index (χ3v) is 2.19. The summed E-state index contributed by atoms with van der Waals surface area (Å²) < 4.78 is 18.0. The Morgan fingerprint density at radius 3 is 2.81 bits per heavy atom. The van der Waals surface area contributed by atoms with E-state index in [0.29, 0.717) is 11.1 Å². The lowest BCUT2D eigenvalue weighted by molar-refractivity contribution is 0.0601. The first-order valence-corrected chi connectivity index (χ1v) is 4.60. The van der Waals surface area contributed by atoms with E-state index in [1.807, 2.05) is 0 Å². The molecule has 0 spiro atoms. The molecule has 1 aromatic heterocycles. The number of benzene rings is 1.